The van der Waals surface area contributed by atoms with Crippen molar-refractivity contribution in [2.45, 2.75) is 20.0 Å². The number of anilines is 1. The molecule has 0 atom stereocenters. The van der Waals surface area contributed by atoms with Gasteiger partial charge in [0.1, 0.15) is 0 Å². The summed E-state index contributed by atoms with van der Waals surface area (Å²) in [5, 5.41) is 14.6. The van der Waals surface area contributed by atoms with Crippen molar-refractivity contribution >= 4 is 28.1 Å². The van der Waals surface area contributed by atoms with Gasteiger partial charge >= 0.3 is 0 Å². The number of hydrogen-bond acceptors (Lipinski definition) is 7. The Labute approximate surface area is 130 Å². The molecule has 9 heteroatoms. The molecule has 0 spiro atoms. The lowest BCUT2D eigenvalue weighted by Crippen LogP contribution is -2.07. The molecular formula is C12H15BrN6O2. The molecule has 0 bridgehead atoms. The average Bonchev–Trinajstić information content (AvgIpc) is 2.84. The summed E-state index contributed by atoms with van der Waals surface area (Å²) in [6.07, 6.45) is 1.61. The van der Waals surface area contributed by atoms with Gasteiger partial charge in [0, 0.05) is 0 Å². The Bertz CT molecular complexity index is 655. The van der Waals surface area contributed by atoms with E-state index in [4.69, 9.17) is 15.2 Å². The molecule has 0 unspecified atom stereocenters. The second-order valence-corrected chi connectivity index (χ2v) is 5.23. The van der Waals surface area contributed by atoms with Crippen LogP contribution in [0.3, 0.4) is 0 Å². The Hall–Kier alpha value is -2.16. The van der Waals surface area contributed by atoms with E-state index in [0.29, 0.717) is 11.5 Å². The summed E-state index contributed by atoms with van der Waals surface area (Å²) in [5.41, 5.74) is 6.31. The van der Waals surface area contributed by atoms with E-state index < -0.39 is 0 Å². The van der Waals surface area contributed by atoms with Gasteiger partial charge in [0.25, 0.3) is 5.95 Å². The van der Waals surface area contributed by atoms with Gasteiger partial charge in [-0.2, -0.15) is 5.10 Å². The van der Waals surface area contributed by atoms with E-state index in [0.717, 1.165) is 14.8 Å². The van der Waals surface area contributed by atoms with Crippen LogP contribution in [0.2, 0.25) is 0 Å². The van der Waals surface area contributed by atoms with Crippen LogP contribution in [0, 0.1) is 0 Å². The van der Waals surface area contributed by atoms with Crippen molar-refractivity contribution in [3.05, 3.63) is 22.2 Å². The summed E-state index contributed by atoms with van der Waals surface area (Å²) in [6, 6.07) is 3.65. The fourth-order valence-corrected chi connectivity index (χ4v) is 2.11. The maximum absolute atomic E-state index is 5.72. The van der Waals surface area contributed by atoms with Crippen LogP contribution in [0.15, 0.2) is 21.7 Å². The fourth-order valence-electron chi connectivity index (χ4n) is 1.56. The number of nitrogen functional groups attached to an aromatic ring is 1. The van der Waals surface area contributed by atoms with Crippen molar-refractivity contribution in [2.24, 2.45) is 5.10 Å². The molecular weight excluding hydrogens is 340 g/mol. The zero-order chi connectivity index (χ0) is 15.4. The molecule has 0 amide bonds. The minimum Gasteiger partial charge on any atom is -0.493 e. The molecule has 2 aromatic rings. The summed E-state index contributed by atoms with van der Waals surface area (Å²) in [5.74, 6) is 1.35. The number of methoxy groups -OCH3 is 1. The van der Waals surface area contributed by atoms with Gasteiger partial charge in [-0.05, 0) is 57.9 Å². The summed E-state index contributed by atoms with van der Waals surface area (Å²) in [6.45, 7) is 3.89. The standard InChI is InChI=1S/C12H15BrN6O2/c1-7(2)21-11-9(13)4-8(5-10(11)20-3)6-15-19-12(14)16-17-18-19/h4-7H,1-3H3,(H2,14,16,18)/b15-6+. The predicted octanol–water partition coefficient (Wildman–Crippen LogP) is 1.70. The minimum absolute atomic E-state index is 0.0377. The second-order valence-electron chi connectivity index (χ2n) is 4.37. The molecule has 1 heterocycles. The number of halogens is 1. The van der Waals surface area contributed by atoms with Crippen molar-refractivity contribution in [1.29, 1.82) is 0 Å². The van der Waals surface area contributed by atoms with E-state index in [1.165, 1.54) is 0 Å². The molecule has 0 aliphatic heterocycles. The lowest BCUT2D eigenvalue weighted by molar-refractivity contribution is 0.228. The third kappa shape index (κ3) is 3.69. The molecule has 8 nitrogen and oxygen atoms in total. The zero-order valence-electron chi connectivity index (χ0n) is 11.8. The molecule has 1 aromatic carbocycles. The topological polar surface area (TPSA) is 100 Å². The Morgan fingerprint density at radius 1 is 1.43 bits per heavy atom. The van der Waals surface area contributed by atoms with E-state index in [1.807, 2.05) is 19.9 Å². The minimum atomic E-state index is 0.0377. The van der Waals surface area contributed by atoms with Gasteiger partial charge in [-0.15, -0.1) is 0 Å². The lowest BCUT2D eigenvalue weighted by atomic mass is 10.2. The fraction of sp³-hybridized carbons (Fsp3) is 0.333. The molecule has 0 aliphatic carbocycles. The Balaban J connectivity index is 2.32. The highest BCUT2D eigenvalue weighted by Crippen LogP contribution is 2.36. The van der Waals surface area contributed by atoms with Crippen molar-refractivity contribution in [3.8, 4) is 11.5 Å². The Kier molecular flexibility index (Phi) is 4.73. The quantitative estimate of drug-likeness (QED) is 0.820. The SMILES string of the molecule is COc1cc(/C=N/n2nnnc2N)cc(Br)c1OC(C)C. The first-order chi connectivity index (χ1) is 10.0. The van der Waals surface area contributed by atoms with Crippen LogP contribution >= 0.6 is 15.9 Å². The molecule has 112 valence electrons. The molecule has 0 fully saturated rings. The highest BCUT2D eigenvalue weighted by atomic mass is 79.9. The van der Waals surface area contributed by atoms with Gasteiger partial charge < -0.3 is 15.2 Å². The average molecular weight is 355 g/mol. The molecule has 0 radical (unpaired) electrons. The smallest absolute Gasteiger partial charge is 0.263 e. The highest BCUT2D eigenvalue weighted by molar-refractivity contribution is 9.10. The number of hydrogen-bond donors (Lipinski definition) is 1. The van der Waals surface area contributed by atoms with Crippen molar-refractivity contribution in [2.75, 3.05) is 12.8 Å². The maximum atomic E-state index is 5.72. The van der Waals surface area contributed by atoms with E-state index in [-0.39, 0.29) is 12.1 Å². The number of rotatable bonds is 5. The molecule has 21 heavy (non-hydrogen) atoms. The summed E-state index contributed by atoms with van der Waals surface area (Å²) >= 11 is 3.46. The normalized spacial score (nSPS) is 11.3. The van der Waals surface area contributed by atoms with Gasteiger partial charge in [-0.1, -0.05) is 9.89 Å². The predicted molar refractivity (Wildman–Crippen MR) is 81.7 cm³/mol. The molecule has 0 aliphatic rings. The van der Waals surface area contributed by atoms with Crippen LogP contribution in [-0.4, -0.2) is 39.7 Å². The maximum Gasteiger partial charge on any atom is 0.263 e. The van der Waals surface area contributed by atoms with Gasteiger partial charge in [0.2, 0.25) is 0 Å². The van der Waals surface area contributed by atoms with Gasteiger partial charge in [-0.25, -0.2) is 0 Å². The second kappa shape index (κ2) is 6.53. The number of tetrazole rings is 1. The summed E-state index contributed by atoms with van der Waals surface area (Å²) in [7, 11) is 1.58. The van der Waals surface area contributed by atoms with Crippen LogP contribution in [0.5, 0.6) is 11.5 Å². The van der Waals surface area contributed by atoms with E-state index in [9.17, 15) is 0 Å². The number of nitrogens with zero attached hydrogens (tertiary/aromatic N) is 5. The van der Waals surface area contributed by atoms with Gasteiger partial charge in [0.05, 0.1) is 23.9 Å². The van der Waals surface area contributed by atoms with E-state index in [1.54, 1.807) is 19.4 Å². The lowest BCUT2D eigenvalue weighted by Gasteiger charge is -2.15. The van der Waals surface area contributed by atoms with Crippen LogP contribution in [0.25, 0.3) is 0 Å². The van der Waals surface area contributed by atoms with Crippen molar-refractivity contribution in [1.82, 2.24) is 20.3 Å². The summed E-state index contributed by atoms with van der Waals surface area (Å²) in [4.78, 5) is 1.12. The third-order valence-corrected chi connectivity index (χ3v) is 2.99. The number of benzene rings is 1. The first-order valence-electron chi connectivity index (χ1n) is 6.13. The third-order valence-electron chi connectivity index (χ3n) is 2.40. The molecule has 0 saturated heterocycles. The van der Waals surface area contributed by atoms with Crippen LogP contribution in [-0.2, 0) is 0 Å². The van der Waals surface area contributed by atoms with E-state index >= 15 is 0 Å². The van der Waals surface area contributed by atoms with Crippen molar-refractivity contribution < 1.29 is 9.47 Å². The molecule has 0 saturated carbocycles. The first kappa shape index (κ1) is 15.2. The number of aromatic nitrogens is 4. The molecule has 2 N–H and O–H groups in total. The largest absolute Gasteiger partial charge is 0.493 e. The van der Waals surface area contributed by atoms with Crippen LogP contribution < -0.4 is 15.2 Å². The monoisotopic (exact) mass is 354 g/mol. The summed E-state index contributed by atoms with van der Waals surface area (Å²) < 4.78 is 11.8. The van der Waals surface area contributed by atoms with Gasteiger partial charge in [0.15, 0.2) is 11.5 Å². The van der Waals surface area contributed by atoms with Crippen molar-refractivity contribution in [3.63, 3.8) is 0 Å². The van der Waals surface area contributed by atoms with Crippen LogP contribution in [0.1, 0.15) is 19.4 Å². The number of nitrogens with two attached hydrogens (primary N) is 1. The zero-order valence-corrected chi connectivity index (χ0v) is 13.4. The molecule has 1 aromatic heterocycles. The van der Waals surface area contributed by atoms with E-state index in [2.05, 4.69) is 36.6 Å². The Morgan fingerprint density at radius 3 is 2.76 bits per heavy atom. The molecule has 2 rings (SSSR count). The highest BCUT2D eigenvalue weighted by Gasteiger charge is 2.12. The number of ether oxygens (including phenoxy) is 2. The van der Waals surface area contributed by atoms with Crippen LogP contribution in [0.4, 0.5) is 5.95 Å². The first-order valence-corrected chi connectivity index (χ1v) is 6.93. The van der Waals surface area contributed by atoms with Gasteiger partial charge in [-0.3, -0.25) is 0 Å². The Morgan fingerprint density at radius 2 is 2.19 bits per heavy atom.